The van der Waals surface area contributed by atoms with Crippen LogP contribution in [0.15, 0.2) is 53.5 Å². The molecule has 6 nitrogen and oxygen atoms in total. The Hall–Kier alpha value is -2.38. The fourth-order valence-corrected chi connectivity index (χ4v) is 2.57. The molecule has 2 aromatic rings. The van der Waals surface area contributed by atoms with E-state index in [2.05, 4.69) is 0 Å². The Bertz CT molecular complexity index is 812. The fourth-order valence-electron chi connectivity index (χ4n) is 2.57. The van der Waals surface area contributed by atoms with Crippen LogP contribution < -0.4 is 5.56 Å². The van der Waals surface area contributed by atoms with E-state index in [0.717, 1.165) is 11.1 Å². The third-order valence-electron chi connectivity index (χ3n) is 4.60. The second kappa shape index (κ2) is 10.6. The first-order chi connectivity index (χ1) is 12.4. The van der Waals surface area contributed by atoms with Crippen molar-refractivity contribution in [2.75, 3.05) is 6.61 Å². The van der Waals surface area contributed by atoms with E-state index in [1.165, 1.54) is 0 Å². The number of aliphatic hydroxyl groups excluding tert-OH is 1. The number of aryl methyl sites for hydroxylation is 1. The summed E-state index contributed by atoms with van der Waals surface area (Å²) in [6, 6.07) is 13.3. The standard InChI is InChI=1S/C19H23NO3.O2S/c1-3-19(2,17(22)14-21)10-12-20-11-9-16(13-18(20)23)15-7-5-4-6-8-15;1-3-2/h4-9,11,13,21H,3,10,12,14H2,1-2H3;. The first-order valence-electron chi connectivity index (χ1n) is 8.23. The average molecular weight is 377 g/mol. The van der Waals surface area contributed by atoms with Crippen molar-refractivity contribution in [1.29, 1.82) is 0 Å². The van der Waals surface area contributed by atoms with Crippen molar-refractivity contribution in [3.05, 3.63) is 59.0 Å². The highest BCUT2D eigenvalue weighted by atomic mass is 32.1. The molecule has 1 atom stereocenters. The first kappa shape index (κ1) is 21.7. The summed E-state index contributed by atoms with van der Waals surface area (Å²) in [5.74, 6) is -0.172. The number of benzene rings is 1. The fraction of sp³-hybridized carbons (Fsp3) is 0.368. The number of carbonyl (C=O) groups excluding carboxylic acids is 1. The van der Waals surface area contributed by atoms with Gasteiger partial charge in [-0.2, -0.15) is 8.42 Å². The number of Topliss-reactive ketones (excluding diaryl/α,β-unsaturated/α-hetero) is 1. The average Bonchev–Trinajstić information content (AvgIpc) is 2.67. The number of hydrogen-bond donors (Lipinski definition) is 1. The molecule has 0 aliphatic heterocycles. The zero-order valence-corrected chi connectivity index (χ0v) is 15.7. The highest BCUT2D eigenvalue weighted by molar-refractivity contribution is 7.51. The summed E-state index contributed by atoms with van der Waals surface area (Å²) in [6.07, 6.45) is 2.95. The van der Waals surface area contributed by atoms with Crippen LogP contribution >= 0.6 is 0 Å². The number of hydrogen-bond acceptors (Lipinski definition) is 5. The van der Waals surface area contributed by atoms with Gasteiger partial charge in [-0.15, -0.1) is 0 Å². The largest absolute Gasteiger partial charge is 0.389 e. The van der Waals surface area contributed by atoms with Crippen molar-refractivity contribution in [3.63, 3.8) is 0 Å². The predicted octanol–water partition coefficient (Wildman–Crippen LogP) is 2.21. The molecule has 1 aromatic carbocycles. The van der Waals surface area contributed by atoms with Gasteiger partial charge in [0.15, 0.2) is 5.78 Å². The van der Waals surface area contributed by atoms with Crippen LogP contribution in [0.1, 0.15) is 26.7 Å². The van der Waals surface area contributed by atoms with Gasteiger partial charge in [0.1, 0.15) is 6.61 Å². The van der Waals surface area contributed by atoms with Gasteiger partial charge in [0, 0.05) is 24.2 Å². The Labute approximate surface area is 156 Å². The van der Waals surface area contributed by atoms with E-state index in [-0.39, 0.29) is 11.3 Å². The summed E-state index contributed by atoms with van der Waals surface area (Å²) in [5.41, 5.74) is 1.22. The van der Waals surface area contributed by atoms with E-state index in [4.69, 9.17) is 13.5 Å². The van der Waals surface area contributed by atoms with Crippen LogP contribution in [0, 0.1) is 5.41 Å². The molecule has 2 rings (SSSR count). The lowest BCUT2D eigenvalue weighted by atomic mass is 9.80. The molecule has 1 heterocycles. The van der Waals surface area contributed by atoms with Gasteiger partial charge in [-0.1, -0.05) is 44.2 Å². The molecule has 0 aliphatic carbocycles. The van der Waals surface area contributed by atoms with Crippen LogP contribution in [0.2, 0.25) is 0 Å². The molecule has 0 bridgehead atoms. The smallest absolute Gasteiger partial charge is 0.335 e. The number of rotatable bonds is 7. The number of aromatic nitrogens is 1. The topological polar surface area (TPSA) is 93.4 Å². The molecule has 7 heteroatoms. The summed E-state index contributed by atoms with van der Waals surface area (Å²) in [4.78, 5) is 24.2. The SMILES string of the molecule is CCC(C)(CCn1ccc(-c2ccccc2)cc1=O)C(=O)CO.O=S=O. The Balaban J connectivity index is 0.00000105. The minimum absolute atomic E-state index is 0.0822. The van der Waals surface area contributed by atoms with Crippen molar-refractivity contribution >= 4 is 17.4 Å². The van der Waals surface area contributed by atoms with Gasteiger partial charge >= 0.3 is 11.6 Å². The maximum absolute atomic E-state index is 12.3. The van der Waals surface area contributed by atoms with E-state index in [0.29, 0.717) is 19.4 Å². The molecule has 0 spiro atoms. The second-order valence-corrected chi connectivity index (χ2v) is 6.26. The molecule has 0 amide bonds. The quantitative estimate of drug-likeness (QED) is 0.798. The van der Waals surface area contributed by atoms with Crippen LogP contribution in [0.4, 0.5) is 0 Å². The molecular weight excluding hydrogens is 354 g/mol. The summed E-state index contributed by atoms with van der Waals surface area (Å²) in [5, 5.41) is 9.10. The van der Waals surface area contributed by atoms with Gasteiger partial charge in [0.2, 0.25) is 0 Å². The molecule has 0 fully saturated rings. The lowest BCUT2D eigenvalue weighted by Crippen LogP contribution is -2.32. The van der Waals surface area contributed by atoms with Crippen LogP contribution in [0.5, 0.6) is 0 Å². The molecule has 0 radical (unpaired) electrons. The van der Waals surface area contributed by atoms with Crippen molar-refractivity contribution in [2.45, 2.75) is 33.2 Å². The second-order valence-electron chi connectivity index (χ2n) is 6.13. The highest BCUT2D eigenvalue weighted by Gasteiger charge is 2.29. The molecule has 0 saturated heterocycles. The maximum atomic E-state index is 12.3. The Morgan fingerprint density at radius 1 is 1.15 bits per heavy atom. The summed E-state index contributed by atoms with van der Waals surface area (Å²) < 4.78 is 18.2. The van der Waals surface area contributed by atoms with Crippen molar-refractivity contribution in [3.8, 4) is 11.1 Å². The van der Waals surface area contributed by atoms with Gasteiger partial charge < -0.3 is 9.67 Å². The zero-order chi connectivity index (χ0) is 19.6. The summed E-state index contributed by atoms with van der Waals surface area (Å²) >= 11 is -0.750. The van der Waals surface area contributed by atoms with Crippen molar-refractivity contribution in [1.82, 2.24) is 4.57 Å². The van der Waals surface area contributed by atoms with Crippen molar-refractivity contribution in [2.24, 2.45) is 5.41 Å². The van der Waals surface area contributed by atoms with E-state index in [1.54, 1.807) is 16.8 Å². The number of aliphatic hydroxyl groups is 1. The monoisotopic (exact) mass is 377 g/mol. The highest BCUT2D eigenvalue weighted by Crippen LogP contribution is 2.27. The van der Waals surface area contributed by atoms with Crippen LogP contribution in [0.3, 0.4) is 0 Å². The molecule has 1 unspecified atom stereocenters. The summed E-state index contributed by atoms with van der Waals surface area (Å²) in [7, 11) is 0. The molecule has 26 heavy (non-hydrogen) atoms. The minimum atomic E-state index is -0.750. The third-order valence-corrected chi connectivity index (χ3v) is 4.60. The third kappa shape index (κ3) is 5.86. The lowest BCUT2D eigenvalue weighted by Gasteiger charge is -2.26. The molecule has 0 aliphatic rings. The Morgan fingerprint density at radius 2 is 1.77 bits per heavy atom. The Morgan fingerprint density at radius 3 is 2.27 bits per heavy atom. The van der Waals surface area contributed by atoms with Gasteiger partial charge in [0.05, 0.1) is 0 Å². The normalized spacial score (nSPS) is 12.4. The number of pyridine rings is 1. The minimum Gasteiger partial charge on any atom is -0.389 e. The molecule has 0 saturated carbocycles. The predicted molar refractivity (Wildman–Crippen MR) is 100 cm³/mol. The molecule has 1 N–H and O–H groups in total. The van der Waals surface area contributed by atoms with E-state index in [1.807, 2.05) is 50.2 Å². The van der Waals surface area contributed by atoms with E-state index >= 15 is 0 Å². The first-order valence-corrected chi connectivity index (χ1v) is 8.90. The number of nitrogens with zero attached hydrogens (tertiary/aromatic N) is 1. The van der Waals surface area contributed by atoms with Gasteiger partial charge in [0.25, 0.3) is 5.56 Å². The van der Waals surface area contributed by atoms with Crippen molar-refractivity contribution < 1.29 is 18.3 Å². The molecular formula is C19H23NO5S. The maximum Gasteiger partial charge on any atom is 0.335 e. The summed E-state index contributed by atoms with van der Waals surface area (Å²) in [6.45, 7) is 3.78. The van der Waals surface area contributed by atoms with Gasteiger partial charge in [-0.25, -0.2) is 0 Å². The van der Waals surface area contributed by atoms with Crippen LogP contribution in [-0.4, -0.2) is 30.5 Å². The van der Waals surface area contributed by atoms with Crippen LogP contribution in [0.25, 0.3) is 11.1 Å². The lowest BCUT2D eigenvalue weighted by molar-refractivity contribution is -0.131. The zero-order valence-electron chi connectivity index (χ0n) is 14.9. The number of ketones is 1. The van der Waals surface area contributed by atoms with Gasteiger partial charge in [-0.05, 0) is 30.0 Å². The Kier molecular flexibility index (Phi) is 8.81. The van der Waals surface area contributed by atoms with Gasteiger partial charge in [-0.3, -0.25) is 9.59 Å². The number of carbonyl (C=O) groups is 1. The molecule has 140 valence electrons. The molecule has 1 aromatic heterocycles. The van der Waals surface area contributed by atoms with E-state index in [9.17, 15) is 9.59 Å². The van der Waals surface area contributed by atoms with E-state index < -0.39 is 23.6 Å². The van der Waals surface area contributed by atoms with Crippen LogP contribution in [-0.2, 0) is 22.9 Å².